The van der Waals surface area contributed by atoms with Crippen molar-refractivity contribution in [3.63, 3.8) is 0 Å². The van der Waals surface area contributed by atoms with Crippen LogP contribution in [0.25, 0.3) is 0 Å². The van der Waals surface area contributed by atoms with E-state index in [1.807, 2.05) is 0 Å². The number of methoxy groups -OCH3 is 1. The number of anilines is 1. The summed E-state index contributed by atoms with van der Waals surface area (Å²) in [6, 6.07) is 1.93. The molecule has 0 aliphatic heterocycles. The van der Waals surface area contributed by atoms with E-state index < -0.39 is 24.3 Å². The number of carboxylic acid groups (broad SMARTS) is 1. The van der Waals surface area contributed by atoms with Gasteiger partial charge in [0.25, 0.3) is 0 Å². The Balaban J connectivity index is 2.93. The lowest BCUT2D eigenvalue weighted by atomic mass is 10.2. The molecule has 104 valence electrons. The highest BCUT2D eigenvalue weighted by Gasteiger charge is 2.19. The van der Waals surface area contributed by atoms with Gasteiger partial charge in [-0.25, -0.2) is 0 Å². The maximum absolute atomic E-state index is 11.7. The van der Waals surface area contributed by atoms with Gasteiger partial charge in [-0.2, -0.15) is 0 Å². The number of rotatable bonds is 5. The van der Waals surface area contributed by atoms with Crippen molar-refractivity contribution in [1.82, 2.24) is 0 Å². The molecule has 0 saturated heterocycles. The molecule has 0 aliphatic rings. The number of aliphatic carboxylic acids is 1. The van der Waals surface area contributed by atoms with Gasteiger partial charge >= 0.3 is 5.97 Å². The molecule has 0 heterocycles. The van der Waals surface area contributed by atoms with Crippen molar-refractivity contribution in [2.75, 3.05) is 12.4 Å². The smallest absolute Gasteiger partial charge is 0.305 e. The van der Waals surface area contributed by atoms with Crippen LogP contribution >= 0.6 is 27.5 Å². The Hall–Kier alpha value is -1.31. The fraction of sp³-hybridized carbons (Fsp3) is 0.273. The third-order valence-electron chi connectivity index (χ3n) is 2.20. The highest BCUT2D eigenvalue weighted by Crippen LogP contribution is 2.36. The lowest BCUT2D eigenvalue weighted by Crippen LogP contribution is -2.37. The van der Waals surface area contributed by atoms with Gasteiger partial charge in [0, 0.05) is 5.02 Å². The van der Waals surface area contributed by atoms with E-state index in [2.05, 4.69) is 21.2 Å². The fourth-order valence-electron chi connectivity index (χ4n) is 1.37. The van der Waals surface area contributed by atoms with Gasteiger partial charge < -0.3 is 20.9 Å². The van der Waals surface area contributed by atoms with Gasteiger partial charge in [0.1, 0.15) is 0 Å². The molecular formula is C11H12BrClN2O4. The largest absolute Gasteiger partial charge is 0.493 e. The topological polar surface area (TPSA) is 102 Å². The van der Waals surface area contributed by atoms with Crippen LogP contribution in [-0.2, 0) is 9.59 Å². The van der Waals surface area contributed by atoms with E-state index in [0.29, 0.717) is 20.9 Å². The summed E-state index contributed by atoms with van der Waals surface area (Å²) < 4.78 is 5.68. The standard InChI is InChI=1S/C11H12BrClN2O4/c1-19-10-6(12)2-5(13)3-8(10)15-11(18)7(14)4-9(16)17/h2-3,7H,4,14H2,1H3,(H,15,18)(H,16,17). The minimum absolute atomic E-state index is 0.313. The molecule has 0 saturated carbocycles. The molecule has 1 amide bonds. The molecule has 1 atom stereocenters. The van der Waals surface area contributed by atoms with Crippen LogP contribution in [0.5, 0.6) is 5.75 Å². The minimum Gasteiger partial charge on any atom is -0.493 e. The average molecular weight is 352 g/mol. The number of hydrogen-bond donors (Lipinski definition) is 3. The van der Waals surface area contributed by atoms with Crippen molar-refractivity contribution >= 4 is 45.1 Å². The van der Waals surface area contributed by atoms with E-state index in [9.17, 15) is 9.59 Å². The molecule has 0 bridgehead atoms. The first kappa shape index (κ1) is 15.7. The van der Waals surface area contributed by atoms with Crippen LogP contribution in [0, 0.1) is 0 Å². The first-order valence-corrected chi connectivity index (χ1v) is 6.33. The Morgan fingerprint density at radius 2 is 2.21 bits per heavy atom. The second-order valence-electron chi connectivity index (χ2n) is 3.66. The van der Waals surface area contributed by atoms with Gasteiger partial charge in [-0.15, -0.1) is 0 Å². The number of carbonyl (C=O) groups excluding carboxylic acids is 1. The molecule has 4 N–H and O–H groups in total. The average Bonchev–Trinajstić information content (AvgIpc) is 2.27. The van der Waals surface area contributed by atoms with E-state index in [0.717, 1.165) is 0 Å². The summed E-state index contributed by atoms with van der Waals surface area (Å²) in [6.45, 7) is 0. The van der Waals surface area contributed by atoms with Crippen molar-refractivity contribution in [1.29, 1.82) is 0 Å². The van der Waals surface area contributed by atoms with Gasteiger partial charge in [0.05, 0.1) is 29.7 Å². The quantitative estimate of drug-likeness (QED) is 0.751. The fourth-order valence-corrected chi connectivity index (χ4v) is 2.34. The summed E-state index contributed by atoms with van der Waals surface area (Å²) in [7, 11) is 1.43. The molecule has 8 heteroatoms. The first-order chi connectivity index (χ1) is 8.85. The number of amides is 1. The van der Waals surface area contributed by atoms with E-state index in [4.69, 9.17) is 27.2 Å². The number of halogens is 2. The number of carbonyl (C=O) groups is 2. The molecular weight excluding hydrogens is 339 g/mol. The maximum atomic E-state index is 11.7. The minimum atomic E-state index is -1.15. The van der Waals surface area contributed by atoms with Crippen LogP contribution in [0.4, 0.5) is 5.69 Å². The van der Waals surface area contributed by atoms with Gasteiger partial charge in [0.15, 0.2) is 5.75 Å². The van der Waals surface area contributed by atoms with Crippen molar-refractivity contribution in [3.05, 3.63) is 21.6 Å². The number of nitrogens with one attached hydrogen (secondary N) is 1. The van der Waals surface area contributed by atoms with Crippen LogP contribution in [0.15, 0.2) is 16.6 Å². The second kappa shape index (κ2) is 6.74. The second-order valence-corrected chi connectivity index (χ2v) is 4.95. The van der Waals surface area contributed by atoms with Crippen LogP contribution < -0.4 is 15.8 Å². The summed E-state index contributed by atoms with van der Waals surface area (Å²) >= 11 is 9.10. The molecule has 1 aromatic rings. The SMILES string of the molecule is COc1c(Br)cc(Cl)cc1NC(=O)C(N)CC(=O)O. The maximum Gasteiger partial charge on any atom is 0.305 e. The summed E-state index contributed by atoms with van der Waals surface area (Å²) in [5.74, 6) is -1.41. The van der Waals surface area contributed by atoms with Gasteiger partial charge in [-0.1, -0.05) is 11.6 Å². The van der Waals surface area contributed by atoms with Crippen molar-refractivity contribution < 1.29 is 19.4 Å². The highest BCUT2D eigenvalue weighted by atomic mass is 79.9. The molecule has 0 fully saturated rings. The normalized spacial score (nSPS) is 11.8. The third kappa shape index (κ3) is 4.38. The van der Waals surface area contributed by atoms with Crippen LogP contribution in [0.3, 0.4) is 0 Å². The highest BCUT2D eigenvalue weighted by molar-refractivity contribution is 9.10. The third-order valence-corrected chi connectivity index (χ3v) is 3.01. The van der Waals surface area contributed by atoms with Gasteiger partial charge in [-0.05, 0) is 28.1 Å². The summed E-state index contributed by atoms with van der Waals surface area (Å²) in [4.78, 5) is 22.2. The molecule has 1 aromatic carbocycles. The van der Waals surface area contributed by atoms with Crippen molar-refractivity contribution in [3.8, 4) is 5.75 Å². The number of benzene rings is 1. The molecule has 1 unspecified atom stereocenters. The van der Waals surface area contributed by atoms with Crippen molar-refractivity contribution in [2.45, 2.75) is 12.5 Å². The Bertz CT molecular complexity index is 510. The van der Waals surface area contributed by atoms with E-state index in [1.54, 1.807) is 6.07 Å². The number of hydrogen-bond acceptors (Lipinski definition) is 4. The van der Waals surface area contributed by atoms with E-state index in [-0.39, 0.29) is 0 Å². The van der Waals surface area contributed by atoms with Gasteiger partial charge in [-0.3, -0.25) is 9.59 Å². The Morgan fingerprint density at radius 3 is 2.74 bits per heavy atom. The van der Waals surface area contributed by atoms with Crippen LogP contribution in [0.2, 0.25) is 5.02 Å². The molecule has 0 aromatic heterocycles. The van der Waals surface area contributed by atoms with E-state index >= 15 is 0 Å². The molecule has 0 spiro atoms. The predicted octanol–water partition coefficient (Wildman–Crippen LogP) is 1.85. The lowest BCUT2D eigenvalue weighted by Gasteiger charge is -2.14. The first-order valence-electron chi connectivity index (χ1n) is 5.16. The van der Waals surface area contributed by atoms with Crippen LogP contribution in [-0.4, -0.2) is 30.1 Å². The monoisotopic (exact) mass is 350 g/mol. The lowest BCUT2D eigenvalue weighted by molar-refractivity contribution is -0.138. The molecule has 6 nitrogen and oxygen atoms in total. The molecule has 19 heavy (non-hydrogen) atoms. The Labute approximate surface area is 123 Å². The van der Waals surface area contributed by atoms with E-state index in [1.165, 1.54) is 13.2 Å². The van der Waals surface area contributed by atoms with Gasteiger partial charge in [0.2, 0.25) is 5.91 Å². The predicted molar refractivity (Wildman–Crippen MR) is 74.6 cm³/mol. The summed E-state index contributed by atoms with van der Waals surface area (Å²) in [6.07, 6.45) is -0.462. The summed E-state index contributed by atoms with van der Waals surface area (Å²) in [5, 5.41) is 11.4. The number of ether oxygens (including phenoxy) is 1. The van der Waals surface area contributed by atoms with Crippen LogP contribution in [0.1, 0.15) is 6.42 Å². The molecule has 0 radical (unpaired) electrons. The number of nitrogens with two attached hydrogens (primary N) is 1. The van der Waals surface area contributed by atoms with Crippen molar-refractivity contribution in [2.24, 2.45) is 5.73 Å². The molecule has 1 rings (SSSR count). The summed E-state index contributed by atoms with van der Waals surface area (Å²) in [5.41, 5.74) is 5.77. The Morgan fingerprint density at radius 1 is 1.58 bits per heavy atom. The zero-order valence-electron chi connectivity index (χ0n) is 9.94. The number of carboxylic acids is 1. The zero-order valence-corrected chi connectivity index (χ0v) is 12.3. The zero-order chi connectivity index (χ0) is 14.6. The Kier molecular flexibility index (Phi) is 5.59. The molecule has 0 aliphatic carbocycles.